The van der Waals surface area contributed by atoms with Gasteiger partial charge in [-0.3, -0.25) is 4.79 Å². The molecular formula is C18H24N2O3. The molecule has 0 saturated carbocycles. The molecule has 0 fully saturated rings. The first-order valence-electron chi connectivity index (χ1n) is 7.72. The molecule has 124 valence electrons. The van der Waals surface area contributed by atoms with E-state index in [1.165, 1.54) is 10.7 Å². The van der Waals surface area contributed by atoms with Crippen molar-refractivity contribution >= 4 is 0 Å². The van der Waals surface area contributed by atoms with Crippen LogP contribution in [0.15, 0.2) is 41.2 Å². The fourth-order valence-corrected chi connectivity index (χ4v) is 2.06. The second-order valence-corrected chi connectivity index (χ2v) is 6.77. The van der Waals surface area contributed by atoms with Crippen molar-refractivity contribution in [3.05, 3.63) is 58.0 Å². The van der Waals surface area contributed by atoms with Gasteiger partial charge in [-0.1, -0.05) is 38.5 Å². The molecule has 0 aliphatic rings. The zero-order valence-corrected chi connectivity index (χ0v) is 14.1. The Balaban J connectivity index is 2.01. The summed E-state index contributed by atoms with van der Waals surface area (Å²) in [5.74, 6) is 0.693. The van der Waals surface area contributed by atoms with Gasteiger partial charge in [0.1, 0.15) is 18.5 Å². The summed E-state index contributed by atoms with van der Waals surface area (Å²) in [7, 11) is 0. The quantitative estimate of drug-likeness (QED) is 0.919. The van der Waals surface area contributed by atoms with Gasteiger partial charge >= 0.3 is 0 Å². The van der Waals surface area contributed by atoms with Crippen molar-refractivity contribution in [2.75, 3.05) is 6.61 Å². The van der Waals surface area contributed by atoms with Crippen molar-refractivity contribution < 1.29 is 9.84 Å². The standard InChI is InChI=1S/C18H24N2O3/c1-13-5-7-15(8-6-13)23-12-14(21)11-20-17(22)10-9-16(19-20)18(2,3)4/h5-10,14,21H,11-12H2,1-4H3. The number of aryl methyl sites for hydroxylation is 1. The minimum absolute atomic E-state index is 0.106. The number of aliphatic hydroxyl groups excluding tert-OH is 1. The Morgan fingerprint density at radius 1 is 1.17 bits per heavy atom. The van der Waals surface area contributed by atoms with Crippen LogP contribution < -0.4 is 10.3 Å². The van der Waals surface area contributed by atoms with Crippen LogP contribution in [0.4, 0.5) is 0 Å². The SMILES string of the molecule is Cc1ccc(OCC(O)Cn2nc(C(C)(C)C)ccc2=O)cc1. The molecule has 5 heteroatoms. The molecule has 1 unspecified atom stereocenters. The van der Waals surface area contributed by atoms with Gasteiger partial charge in [0, 0.05) is 11.5 Å². The molecule has 0 aliphatic heterocycles. The van der Waals surface area contributed by atoms with Crippen LogP contribution in [0.25, 0.3) is 0 Å². The molecule has 2 rings (SSSR count). The maximum atomic E-state index is 11.9. The second kappa shape index (κ2) is 6.96. The van der Waals surface area contributed by atoms with Crippen LogP contribution in [0.1, 0.15) is 32.0 Å². The Labute approximate surface area is 136 Å². The predicted octanol–water partition coefficient (Wildman–Crippen LogP) is 2.29. The largest absolute Gasteiger partial charge is 0.491 e. The van der Waals surface area contributed by atoms with Crippen LogP contribution in [0, 0.1) is 6.92 Å². The molecule has 1 N–H and O–H groups in total. The minimum atomic E-state index is -0.809. The van der Waals surface area contributed by atoms with Crippen LogP contribution in [-0.2, 0) is 12.0 Å². The van der Waals surface area contributed by atoms with Crippen molar-refractivity contribution in [3.63, 3.8) is 0 Å². The third kappa shape index (κ3) is 4.93. The molecule has 1 aromatic carbocycles. The molecule has 0 saturated heterocycles. The van der Waals surface area contributed by atoms with E-state index in [0.29, 0.717) is 5.75 Å². The maximum Gasteiger partial charge on any atom is 0.266 e. The molecule has 2 aromatic rings. The third-order valence-electron chi connectivity index (χ3n) is 3.48. The van der Waals surface area contributed by atoms with Gasteiger partial charge in [0.15, 0.2) is 0 Å². The van der Waals surface area contributed by atoms with E-state index in [1.54, 1.807) is 6.07 Å². The summed E-state index contributed by atoms with van der Waals surface area (Å²) in [6.45, 7) is 8.30. The molecule has 1 aromatic heterocycles. The van der Waals surface area contributed by atoms with E-state index in [4.69, 9.17) is 4.74 Å². The van der Waals surface area contributed by atoms with Crippen LogP contribution in [0.3, 0.4) is 0 Å². The molecular weight excluding hydrogens is 292 g/mol. The lowest BCUT2D eigenvalue weighted by Crippen LogP contribution is -2.33. The van der Waals surface area contributed by atoms with Crippen molar-refractivity contribution in [2.24, 2.45) is 0 Å². The van der Waals surface area contributed by atoms with E-state index in [2.05, 4.69) is 5.10 Å². The Kier molecular flexibility index (Phi) is 5.21. The van der Waals surface area contributed by atoms with E-state index in [9.17, 15) is 9.90 Å². The van der Waals surface area contributed by atoms with Crippen LogP contribution in [0.5, 0.6) is 5.75 Å². The number of rotatable bonds is 5. The molecule has 0 amide bonds. The molecule has 0 radical (unpaired) electrons. The first-order chi connectivity index (χ1) is 10.8. The molecule has 1 heterocycles. The lowest BCUT2D eigenvalue weighted by atomic mass is 9.92. The van der Waals surface area contributed by atoms with Gasteiger partial charge in [-0.05, 0) is 25.1 Å². The zero-order chi connectivity index (χ0) is 17.0. The maximum absolute atomic E-state index is 11.9. The lowest BCUT2D eigenvalue weighted by molar-refractivity contribution is 0.0875. The molecule has 1 atom stereocenters. The smallest absolute Gasteiger partial charge is 0.266 e. The van der Waals surface area contributed by atoms with Crippen molar-refractivity contribution in [3.8, 4) is 5.75 Å². The average Bonchev–Trinajstić information content (AvgIpc) is 2.48. The number of ether oxygens (including phenoxy) is 1. The Bertz CT molecular complexity index is 699. The summed E-state index contributed by atoms with van der Waals surface area (Å²) >= 11 is 0. The highest BCUT2D eigenvalue weighted by molar-refractivity contribution is 5.26. The van der Waals surface area contributed by atoms with Gasteiger partial charge in [-0.25, -0.2) is 4.68 Å². The van der Waals surface area contributed by atoms with Gasteiger partial charge in [0.05, 0.1) is 12.2 Å². The van der Waals surface area contributed by atoms with Crippen LogP contribution in [-0.4, -0.2) is 27.6 Å². The van der Waals surface area contributed by atoms with Gasteiger partial charge in [-0.15, -0.1) is 0 Å². The second-order valence-electron chi connectivity index (χ2n) is 6.77. The Morgan fingerprint density at radius 3 is 2.43 bits per heavy atom. The summed E-state index contributed by atoms with van der Waals surface area (Å²) in [6, 6.07) is 10.8. The molecule has 0 aliphatic carbocycles. The summed E-state index contributed by atoms with van der Waals surface area (Å²) in [6.07, 6.45) is -0.809. The number of benzene rings is 1. The van der Waals surface area contributed by atoms with Crippen molar-refractivity contribution in [2.45, 2.75) is 45.8 Å². The fraction of sp³-hybridized carbons (Fsp3) is 0.444. The monoisotopic (exact) mass is 316 g/mol. The highest BCUT2D eigenvalue weighted by atomic mass is 16.5. The van der Waals surface area contributed by atoms with Crippen LogP contribution >= 0.6 is 0 Å². The lowest BCUT2D eigenvalue weighted by Gasteiger charge is -2.19. The minimum Gasteiger partial charge on any atom is -0.491 e. The number of aromatic nitrogens is 2. The zero-order valence-electron chi connectivity index (χ0n) is 14.1. The van der Waals surface area contributed by atoms with Crippen LogP contribution in [0.2, 0.25) is 0 Å². The summed E-state index contributed by atoms with van der Waals surface area (Å²) in [5.41, 5.74) is 1.57. The summed E-state index contributed by atoms with van der Waals surface area (Å²) < 4.78 is 6.83. The molecule has 0 bridgehead atoms. The van der Waals surface area contributed by atoms with E-state index in [1.807, 2.05) is 52.0 Å². The number of hydrogen-bond donors (Lipinski definition) is 1. The number of nitrogens with zero attached hydrogens (tertiary/aromatic N) is 2. The normalized spacial score (nSPS) is 12.9. The number of hydrogen-bond acceptors (Lipinski definition) is 4. The predicted molar refractivity (Wildman–Crippen MR) is 89.9 cm³/mol. The van der Waals surface area contributed by atoms with Crippen molar-refractivity contribution in [1.82, 2.24) is 9.78 Å². The summed E-state index contributed by atoms with van der Waals surface area (Å²) in [4.78, 5) is 11.9. The Morgan fingerprint density at radius 2 is 1.83 bits per heavy atom. The first-order valence-corrected chi connectivity index (χ1v) is 7.72. The van der Waals surface area contributed by atoms with Gasteiger partial charge < -0.3 is 9.84 Å². The molecule has 23 heavy (non-hydrogen) atoms. The number of aliphatic hydroxyl groups is 1. The van der Waals surface area contributed by atoms with Gasteiger partial charge in [0.2, 0.25) is 0 Å². The third-order valence-corrected chi connectivity index (χ3v) is 3.48. The van der Waals surface area contributed by atoms with Crippen molar-refractivity contribution in [1.29, 1.82) is 0 Å². The summed E-state index contributed by atoms with van der Waals surface area (Å²) in [5, 5.41) is 14.5. The van der Waals surface area contributed by atoms with Gasteiger partial charge in [-0.2, -0.15) is 5.10 Å². The average molecular weight is 316 g/mol. The highest BCUT2D eigenvalue weighted by Crippen LogP contribution is 2.18. The highest BCUT2D eigenvalue weighted by Gasteiger charge is 2.17. The van der Waals surface area contributed by atoms with E-state index >= 15 is 0 Å². The topological polar surface area (TPSA) is 64.3 Å². The molecule has 0 spiro atoms. The first kappa shape index (κ1) is 17.2. The Hall–Kier alpha value is -2.14. The fourth-order valence-electron chi connectivity index (χ4n) is 2.06. The van der Waals surface area contributed by atoms with Gasteiger partial charge in [0.25, 0.3) is 5.56 Å². The van der Waals surface area contributed by atoms with E-state index in [-0.39, 0.29) is 24.1 Å². The van der Waals surface area contributed by atoms with E-state index < -0.39 is 6.10 Å². The molecule has 5 nitrogen and oxygen atoms in total. The van der Waals surface area contributed by atoms with E-state index in [0.717, 1.165) is 11.3 Å².